The highest BCUT2D eigenvalue weighted by Gasteiger charge is 2.46. The van der Waals surface area contributed by atoms with E-state index in [4.69, 9.17) is 10.5 Å². The fourth-order valence-electron chi connectivity index (χ4n) is 3.71. The summed E-state index contributed by atoms with van der Waals surface area (Å²) in [4.78, 5) is 22.3. The second-order valence-electron chi connectivity index (χ2n) is 7.46. The van der Waals surface area contributed by atoms with Crippen LogP contribution >= 0.6 is 15.9 Å². The van der Waals surface area contributed by atoms with Crippen molar-refractivity contribution in [2.24, 2.45) is 0 Å². The first kappa shape index (κ1) is 24.4. The van der Waals surface area contributed by atoms with Crippen molar-refractivity contribution in [3.05, 3.63) is 45.4 Å². The van der Waals surface area contributed by atoms with Crippen molar-refractivity contribution < 1.29 is 28.3 Å². The third-order valence-electron chi connectivity index (χ3n) is 5.49. The summed E-state index contributed by atoms with van der Waals surface area (Å²) in [5.41, 5.74) is 5.93. The first-order valence-corrected chi connectivity index (χ1v) is 12.2. The molecule has 0 aliphatic carbocycles. The van der Waals surface area contributed by atoms with Gasteiger partial charge in [0.2, 0.25) is 10.0 Å². The highest BCUT2D eigenvalue weighted by Crippen LogP contribution is 2.34. The van der Waals surface area contributed by atoms with E-state index in [1.807, 2.05) is 0 Å². The lowest BCUT2D eigenvalue weighted by Gasteiger charge is -2.25. The van der Waals surface area contributed by atoms with Crippen molar-refractivity contribution in [3.63, 3.8) is 0 Å². The number of fused-ring (bicyclic) bond motifs is 1. The maximum absolute atomic E-state index is 13.2. The molecule has 1 saturated heterocycles. The van der Waals surface area contributed by atoms with Gasteiger partial charge in [0.15, 0.2) is 17.7 Å². The fraction of sp³-hybridized carbons (Fsp3) is 0.389. The van der Waals surface area contributed by atoms with E-state index in [9.17, 15) is 28.7 Å². The molecule has 182 valence electrons. The van der Waals surface area contributed by atoms with Crippen LogP contribution in [0.3, 0.4) is 0 Å². The number of ether oxygens (including phenoxy) is 1. The molecule has 0 radical (unpaired) electrons. The summed E-state index contributed by atoms with van der Waals surface area (Å²) < 4.78 is 34.7. The number of benzene rings is 1. The third-order valence-corrected chi connectivity index (χ3v) is 8.09. The van der Waals surface area contributed by atoms with Crippen molar-refractivity contribution in [1.82, 2.24) is 23.8 Å². The Morgan fingerprint density at radius 2 is 2.03 bits per heavy atom. The number of nitrogen functional groups attached to an aromatic ring is 1. The van der Waals surface area contributed by atoms with Crippen molar-refractivity contribution in [2.45, 2.75) is 36.4 Å². The number of aromatic nitrogens is 4. The molecule has 4 rings (SSSR count). The Morgan fingerprint density at radius 1 is 1.29 bits per heavy atom. The number of aliphatic hydroxyl groups is 2. The molecule has 0 amide bonds. The average molecular weight is 558 g/mol. The molecule has 2 aromatic heterocycles. The number of nitro groups is 1. The number of likely N-dealkylation sites (N-methyl/N-ethyl adjacent to an activating group) is 1. The van der Waals surface area contributed by atoms with Crippen LogP contribution in [0.5, 0.6) is 0 Å². The summed E-state index contributed by atoms with van der Waals surface area (Å²) >= 11 is 3.03. The lowest BCUT2D eigenvalue weighted by Crippen LogP contribution is -2.42. The molecule has 16 heteroatoms. The van der Waals surface area contributed by atoms with Gasteiger partial charge in [0.1, 0.15) is 30.2 Å². The van der Waals surface area contributed by atoms with Crippen molar-refractivity contribution >= 4 is 48.6 Å². The number of rotatable bonds is 7. The van der Waals surface area contributed by atoms with E-state index >= 15 is 0 Å². The minimum absolute atomic E-state index is 0.0166. The summed E-state index contributed by atoms with van der Waals surface area (Å²) in [6.45, 7) is 1.24. The number of anilines is 1. The Hall–Kier alpha value is -2.76. The smallest absolute Gasteiger partial charge is 0.284 e. The Morgan fingerprint density at radius 3 is 2.71 bits per heavy atom. The predicted molar refractivity (Wildman–Crippen MR) is 121 cm³/mol. The summed E-state index contributed by atoms with van der Waals surface area (Å²) in [7, 11) is -4.18. The first-order chi connectivity index (χ1) is 16.1. The molecule has 3 heterocycles. The second kappa shape index (κ2) is 9.12. The Labute approximate surface area is 201 Å². The molecule has 1 aromatic carbocycles. The lowest BCUT2D eigenvalue weighted by atomic mass is 10.1. The van der Waals surface area contributed by atoms with Gasteiger partial charge in [-0.25, -0.2) is 23.4 Å². The summed E-state index contributed by atoms with van der Waals surface area (Å²) in [6.07, 6.45) is -2.55. The van der Waals surface area contributed by atoms with Gasteiger partial charge < -0.3 is 20.7 Å². The molecule has 4 atom stereocenters. The quantitative estimate of drug-likeness (QED) is 0.268. The van der Waals surface area contributed by atoms with E-state index in [1.54, 1.807) is 6.92 Å². The van der Waals surface area contributed by atoms with Gasteiger partial charge >= 0.3 is 0 Å². The Kier molecular flexibility index (Phi) is 6.54. The molecule has 14 nitrogen and oxygen atoms in total. The molecule has 0 spiro atoms. The number of hydrogen-bond donors (Lipinski definition) is 3. The normalized spacial score (nSPS) is 23.1. The van der Waals surface area contributed by atoms with Gasteiger partial charge in [0.25, 0.3) is 5.69 Å². The highest BCUT2D eigenvalue weighted by atomic mass is 79.9. The van der Waals surface area contributed by atoms with E-state index in [2.05, 4.69) is 30.9 Å². The summed E-state index contributed by atoms with van der Waals surface area (Å²) in [5.74, 6) is 0.125. The maximum Gasteiger partial charge on any atom is 0.284 e. The lowest BCUT2D eigenvalue weighted by molar-refractivity contribution is -0.385. The standard InChI is InChI=1S/C18H20BrN7O7S/c1-2-24(34(31,32)9-3-4-10(19)11(5-9)26(29)30)6-12-14(27)15(28)18(33-12)25-8-23-13-16(20)21-7-22-17(13)25/h3-5,7-8,12,14-15,18,27-28H,2,6H2,1H3,(H2,20,21,22)/t12-,14-,15-,18-/m1/s1. The molecule has 0 unspecified atom stereocenters. The van der Waals surface area contributed by atoms with E-state index in [-0.39, 0.29) is 39.4 Å². The zero-order valence-corrected chi connectivity index (χ0v) is 20.0. The molecule has 0 bridgehead atoms. The van der Waals surface area contributed by atoms with Crippen LogP contribution in [0, 0.1) is 10.1 Å². The number of halogens is 1. The van der Waals surface area contributed by atoms with Crippen LogP contribution in [0.4, 0.5) is 11.5 Å². The summed E-state index contributed by atoms with van der Waals surface area (Å²) in [6, 6.07) is 3.46. The van der Waals surface area contributed by atoms with Gasteiger partial charge in [-0.15, -0.1) is 0 Å². The van der Waals surface area contributed by atoms with Crippen molar-refractivity contribution in [1.29, 1.82) is 0 Å². The van der Waals surface area contributed by atoms with Gasteiger partial charge in [-0.05, 0) is 28.1 Å². The van der Waals surface area contributed by atoms with Gasteiger partial charge in [0, 0.05) is 19.2 Å². The van der Waals surface area contributed by atoms with Crippen LogP contribution in [0.2, 0.25) is 0 Å². The summed E-state index contributed by atoms with van der Waals surface area (Å²) in [5, 5.41) is 32.4. The van der Waals surface area contributed by atoms with Crippen LogP contribution in [0.25, 0.3) is 11.2 Å². The monoisotopic (exact) mass is 557 g/mol. The molecule has 1 aliphatic heterocycles. The minimum Gasteiger partial charge on any atom is -0.387 e. The third kappa shape index (κ3) is 4.12. The number of nitro benzene ring substituents is 1. The minimum atomic E-state index is -4.18. The van der Waals surface area contributed by atoms with E-state index in [0.717, 1.165) is 10.4 Å². The van der Waals surface area contributed by atoms with Gasteiger partial charge in [-0.2, -0.15) is 4.31 Å². The SMILES string of the molecule is CCN(C[C@H]1O[C@@H](n2cnc3c(N)ncnc32)[C@H](O)[C@@H]1O)S(=O)(=O)c1ccc(Br)c([N+](=O)[O-])c1. The van der Waals surface area contributed by atoms with Gasteiger partial charge in [0.05, 0.1) is 20.6 Å². The van der Waals surface area contributed by atoms with Crippen LogP contribution in [-0.4, -0.2) is 78.8 Å². The van der Waals surface area contributed by atoms with Gasteiger partial charge in [-0.1, -0.05) is 6.92 Å². The topological polar surface area (TPSA) is 200 Å². The molecule has 3 aromatic rings. The molecule has 1 fully saturated rings. The number of nitrogens with two attached hydrogens (primary N) is 1. The number of nitrogens with zero attached hydrogens (tertiary/aromatic N) is 6. The van der Waals surface area contributed by atoms with Crippen LogP contribution in [-0.2, 0) is 14.8 Å². The Balaban J connectivity index is 1.60. The van der Waals surface area contributed by atoms with Gasteiger partial charge in [-0.3, -0.25) is 14.7 Å². The van der Waals surface area contributed by atoms with E-state index in [1.165, 1.54) is 29.4 Å². The van der Waals surface area contributed by atoms with Crippen LogP contribution < -0.4 is 5.73 Å². The zero-order valence-electron chi connectivity index (χ0n) is 17.6. The Bertz CT molecular complexity index is 1350. The first-order valence-electron chi connectivity index (χ1n) is 9.95. The molecular formula is C18H20BrN7O7S. The number of hydrogen-bond acceptors (Lipinski definition) is 11. The second-order valence-corrected chi connectivity index (χ2v) is 10.2. The molecule has 1 aliphatic rings. The number of sulfonamides is 1. The molecule has 34 heavy (non-hydrogen) atoms. The fourth-order valence-corrected chi connectivity index (χ4v) is 5.58. The van der Waals surface area contributed by atoms with Crippen molar-refractivity contribution in [3.8, 4) is 0 Å². The predicted octanol–water partition coefficient (Wildman–Crippen LogP) is 0.409. The molecule has 0 saturated carbocycles. The maximum atomic E-state index is 13.2. The van der Waals surface area contributed by atoms with E-state index in [0.29, 0.717) is 0 Å². The molecule has 4 N–H and O–H groups in total. The molecular weight excluding hydrogens is 538 g/mol. The average Bonchev–Trinajstić information content (AvgIpc) is 3.34. The van der Waals surface area contributed by atoms with Crippen LogP contribution in [0.15, 0.2) is 40.2 Å². The number of aliphatic hydroxyl groups excluding tert-OH is 2. The largest absolute Gasteiger partial charge is 0.387 e. The highest BCUT2D eigenvalue weighted by molar-refractivity contribution is 9.10. The van der Waals surface area contributed by atoms with E-state index < -0.39 is 45.2 Å². The zero-order chi connectivity index (χ0) is 24.8. The van der Waals surface area contributed by atoms with Crippen molar-refractivity contribution in [2.75, 3.05) is 18.8 Å². The van der Waals surface area contributed by atoms with Crippen LogP contribution in [0.1, 0.15) is 13.2 Å². The number of imidazole rings is 1.